The molecule has 1 aromatic rings. The molecule has 1 fully saturated rings. The molecule has 5 heteroatoms. The molecule has 3 N–H and O–H groups in total. The summed E-state index contributed by atoms with van der Waals surface area (Å²) in [5, 5.41) is 2.18. The van der Waals surface area contributed by atoms with Crippen LogP contribution in [0.5, 0.6) is 5.75 Å². The number of morpholine rings is 1. The lowest BCUT2D eigenvalue weighted by molar-refractivity contribution is 0.00402. The van der Waals surface area contributed by atoms with E-state index in [0.717, 1.165) is 37.6 Å². The molecule has 1 aromatic carbocycles. The third kappa shape index (κ3) is 4.45. The lowest BCUT2D eigenvalue weighted by atomic mass is 10.1. The summed E-state index contributed by atoms with van der Waals surface area (Å²) in [7, 11) is 0. The number of nitrogens with zero attached hydrogens (tertiary/aromatic N) is 1. The van der Waals surface area contributed by atoms with E-state index >= 15 is 0 Å². The number of hydrogen-bond acceptors (Lipinski definition) is 5. The predicted molar refractivity (Wildman–Crippen MR) is 79.5 cm³/mol. The van der Waals surface area contributed by atoms with Gasteiger partial charge < -0.3 is 15.2 Å². The minimum atomic E-state index is 0.101. The Morgan fingerprint density at radius 1 is 1.35 bits per heavy atom. The zero-order valence-corrected chi connectivity index (χ0v) is 12.3. The van der Waals surface area contributed by atoms with E-state index in [1.54, 1.807) is 0 Å². The van der Waals surface area contributed by atoms with Crippen molar-refractivity contribution in [3.05, 3.63) is 29.8 Å². The smallest absolute Gasteiger partial charge is 0.120 e. The van der Waals surface area contributed by atoms with E-state index in [-0.39, 0.29) is 12.1 Å². The summed E-state index contributed by atoms with van der Waals surface area (Å²) in [5.41, 5.74) is 10.5. The van der Waals surface area contributed by atoms with Crippen molar-refractivity contribution in [1.82, 2.24) is 10.4 Å². The van der Waals surface area contributed by atoms with Crippen LogP contribution in [0.15, 0.2) is 24.3 Å². The molecule has 1 saturated heterocycles. The number of rotatable bonds is 6. The van der Waals surface area contributed by atoms with Crippen molar-refractivity contribution in [3.8, 4) is 5.75 Å². The maximum Gasteiger partial charge on any atom is 0.120 e. The van der Waals surface area contributed by atoms with E-state index in [1.165, 1.54) is 0 Å². The Morgan fingerprint density at radius 3 is 2.75 bits per heavy atom. The van der Waals surface area contributed by atoms with Crippen LogP contribution in [-0.4, -0.2) is 44.0 Å². The number of benzene rings is 1. The highest BCUT2D eigenvalue weighted by Gasteiger charge is 2.16. The van der Waals surface area contributed by atoms with Gasteiger partial charge >= 0.3 is 0 Å². The average Bonchev–Trinajstić information content (AvgIpc) is 2.45. The van der Waals surface area contributed by atoms with Crippen molar-refractivity contribution < 1.29 is 9.47 Å². The van der Waals surface area contributed by atoms with Crippen LogP contribution >= 0.6 is 0 Å². The van der Waals surface area contributed by atoms with Gasteiger partial charge in [-0.25, -0.2) is 10.4 Å². The third-order valence-corrected chi connectivity index (χ3v) is 3.22. The minimum absolute atomic E-state index is 0.101. The largest absolute Gasteiger partial charge is 0.491 e. The number of hydrogen-bond donors (Lipinski definition) is 2. The van der Waals surface area contributed by atoms with Gasteiger partial charge in [0.1, 0.15) is 5.75 Å². The van der Waals surface area contributed by atoms with Gasteiger partial charge in [0, 0.05) is 19.6 Å². The summed E-state index contributed by atoms with van der Waals surface area (Å²) in [5.74, 6) is 0.889. The van der Waals surface area contributed by atoms with E-state index in [4.69, 9.17) is 15.2 Å². The van der Waals surface area contributed by atoms with Crippen LogP contribution in [0.1, 0.15) is 25.5 Å². The maximum atomic E-state index is 5.91. The lowest BCUT2D eigenvalue weighted by Gasteiger charge is -2.31. The van der Waals surface area contributed by atoms with Crippen LogP contribution in [0.4, 0.5) is 0 Å². The molecule has 1 unspecified atom stereocenters. The summed E-state index contributed by atoms with van der Waals surface area (Å²) in [6.45, 7) is 7.90. The molecular formula is C15H25N3O2. The topological polar surface area (TPSA) is 59.8 Å². The van der Waals surface area contributed by atoms with Crippen molar-refractivity contribution in [1.29, 1.82) is 0 Å². The van der Waals surface area contributed by atoms with Gasteiger partial charge in [-0.05, 0) is 31.5 Å². The molecule has 1 aliphatic rings. The second-order valence-electron chi connectivity index (χ2n) is 5.26. The van der Waals surface area contributed by atoms with Gasteiger partial charge in [0.25, 0.3) is 0 Å². The molecule has 0 aliphatic carbocycles. The van der Waals surface area contributed by atoms with E-state index in [2.05, 4.69) is 22.6 Å². The molecule has 0 saturated carbocycles. The fourth-order valence-electron chi connectivity index (χ4n) is 2.25. The molecule has 0 spiro atoms. The normalized spacial score (nSPS) is 18.2. The second-order valence-corrected chi connectivity index (χ2v) is 5.26. The minimum Gasteiger partial charge on any atom is -0.491 e. The van der Waals surface area contributed by atoms with Gasteiger partial charge in [0.05, 0.1) is 25.4 Å². The fraction of sp³-hybridized carbons (Fsp3) is 0.600. The Kier molecular flexibility index (Phi) is 5.79. The molecule has 0 aromatic heterocycles. The molecule has 112 valence electrons. The molecule has 1 aliphatic heterocycles. The van der Waals surface area contributed by atoms with Crippen LogP contribution < -0.4 is 15.9 Å². The first-order chi connectivity index (χ1) is 9.69. The molecule has 0 radical (unpaired) electrons. The monoisotopic (exact) mass is 279 g/mol. The van der Waals surface area contributed by atoms with Crippen molar-refractivity contribution in [2.45, 2.75) is 26.0 Å². The van der Waals surface area contributed by atoms with Crippen LogP contribution in [0, 0.1) is 0 Å². The Morgan fingerprint density at radius 2 is 2.10 bits per heavy atom. The van der Waals surface area contributed by atoms with Gasteiger partial charge in [-0.3, -0.25) is 0 Å². The number of hydrazine groups is 1. The average molecular weight is 279 g/mol. The van der Waals surface area contributed by atoms with Crippen molar-refractivity contribution >= 4 is 0 Å². The zero-order valence-electron chi connectivity index (χ0n) is 12.3. The van der Waals surface area contributed by atoms with Crippen LogP contribution in [0.25, 0.3) is 0 Å². The summed E-state index contributed by atoms with van der Waals surface area (Å²) >= 11 is 0. The van der Waals surface area contributed by atoms with Crippen LogP contribution in [0.2, 0.25) is 0 Å². The standard InChI is InChI=1S/C15H25N3O2/c1-12(2)20-14-5-3-4-13(10-14)15(11-16)17-18-6-8-19-9-7-18/h3-5,10,12,15,17H,6-9,11,16H2,1-2H3. The summed E-state index contributed by atoms with van der Waals surface area (Å²) in [6, 6.07) is 8.23. The lowest BCUT2D eigenvalue weighted by Crippen LogP contribution is -2.48. The quantitative estimate of drug-likeness (QED) is 0.822. The SMILES string of the molecule is CC(C)Oc1cccc(C(CN)NN2CCOCC2)c1. The highest BCUT2D eigenvalue weighted by atomic mass is 16.5. The summed E-state index contributed by atoms with van der Waals surface area (Å²) < 4.78 is 11.1. The van der Waals surface area contributed by atoms with Crippen LogP contribution in [-0.2, 0) is 4.74 Å². The molecule has 2 rings (SSSR count). The summed E-state index contributed by atoms with van der Waals surface area (Å²) in [4.78, 5) is 0. The van der Waals surface area contributed by atoms with E-state index < -0.39 is 0 Å². The highest BCUT2D eigenvalue weighted by Crippen LogP contribution is 2.20. The van der Waals surface area contributed by atoms with Crippen molar-refractivity contribution in [3.63, 3.8) is 0 Å². The molecule has 1 atom stereocenters. The van der Waals surface area contributed by atoms with Gasteiger partial charge in [0.2, 0.25) is 0 Å². The van der Waals surface area contributed by atoms with E-state index in [1.807, 2.05) is 26.0 Å². The van der Waals surface area contributed by atoms with Gasteiger partial charge in [0.15, 0.2) is 0 Å². The first-order valence-corrected chi connectivity index (χ1v) is 7.24. The Hall–Kier alpha value is -1.14. The molecule has 20 heavy (non-hydrogen) atoms. The Labute approximate surface area is 121 Å². The van der Waals surface area contributed by atoms with Gasteiger partial charge in [-0.15, -0.1) is 0 Å². The summed E-state index contributed by atoms with van der Waals surface area (Å²) in [6.07, 6.45) is 0.175. The fourth-order valence-corrected chi connectivity index (χ4v) is 2.25. The van der Waals surface area contributed by atoms with E-state index in [0.29, 0.717) is 6.54 Å². The van der Waals surface area contributed by atoms with Gasteiger partial charge in [-0.2, -0.15) is 0 Å². The third-order valence-electron chi connectivity index (χ3n) is 3.22. The zero-order chi connectivity index (χ0) is 14.4. The second kappa shape index (κ2) is 7.59. The first-order valence-electron chi connectivity index (χ1n) is 7.24. The molecule has 1 heterocycles. The first kappa shape index (κ1) is 15.3. The van der Waals surface area contributed by atoms with E-state index in [9.17, 15) is 0 Å². The van der Waals surface area contributed by atoms with Crippen molar-refractivity contribution in [2.24, 2.45) is 5.73 Å². The predicted octanol–water partition coefficient (Wildman–Crippen LogP) is 1.31. The van der Waals surface area contributed by atoms with Crippen molar-refractivity contribution in [2.75, 3.05) is 32.8 Å². The number of nitrogens with one attached hydrogen (secondary N) is 1. The maximum absolute atomic E-state index is 5.91. The molecule has 0 amide bonds. The number of nitrogens with two attached hydrogens (primary N) is 1. The van der Waals surface area contributed by atoms with Gasteiger partial charge in [-0.1, -0.05) is 12.1 Å². The molecule has 5 nitrogen and oxygen atoms in total. The Balaban J connectivity index is 2.02. The number of ether oxygens (including phenoxy) is 2. The Bertz CT molecular complexity index is 406. The van der Waals surface area contributed by atoms with Crippen LogP contribution in [0.3, 0.4) is 0 Å². The highest BCUT2D eigenvalue weighted by molar-refractivity contribution is 5.30. The molecular weight excluding hydrogens is 254 g/mol. The molecule has 0 bridgehead atoms.